The summed E-state index contributed by atoms with van der Waals surface area (Å²) in [5.74, 6) is 0.0987. The smallest absolute Gasteiger partial charge is 0.292 e. The van der Waals surface area contributed by atoms with E-state index >= 15 is 0 Å². The first-order valence-corrected chi connectivity index (χ1v) is 5.51. The van der Waals surface area contributed by atoms with Crippen molar-refractivity contribution in [1.82, 2.24) is 4.98 Å². The topological polar surface area (TPSA) is 55.1 Å². The fourth-order valence-corrected chi connectivity index (χ4v) is 1.56. The highest BCUT2D eigenvalue weighted by atomic mass is 79.9. The van der Waals surface area contributed by atoms with Gasteiger partial charge in [0.05, 0.1) is 5.02 Å². The van der Waals surface area contributed by atoms with Gasteiger partial charge in [-0.15, -0.1) is 0 Å². The maximum Gasteiger partial charge on any atom is 0.292 e. The van der Waals surface area contributed by atoms with Crippen molar-refractivity contribution in [2.24, 2.45) is 0 Å². The van der Waals surface area contributed by atoms with Crippen LogP contribution in [0, 0.1) is 0 Å². The molecule has 82 valence electrons. The number of pyridine rings is 1. The highest BCUT2D eigenvalue weighted by Crippen LogP contribution is 2.19. The molecule has 0 unspecified atom stereocenters. The summed E-state index contributed by atoms with van der Waals surface area (Å²) in [7, 11) is 0. The zero-order chi connectivity index (χ0) is 11.5. The molecule has 0 bridgehead atoms. The van der Waals surface area contributed by atoms with Gasteiger partial charge in [-0.05, 0) is 40.2 Å². The van der Waals surface area contributed by atoms with Gasteiger partial charge in [0.1, 0.15) is 0 Å². The summed E-state index contributed by atoms with van der Waals surface area (Å²) in [6.45, 7) is 0. The van der Waals surface area contributed by atoms with Crippen molar-refractivity contribution in [1.29, 1.82) is 0 Å². The molecule has 0 spiro atoms. The van der Waals surface area contributed by atoms with Gasteiger partial charge < -0.3 is 9.73 Å². The Morgan fingerprint density at radius 3 is 2.88 bits per heavy atom. The number of anilines is 1. The molecule has 2 aromatic rings. The number of furan rings is 1. The molecule has 0 atom stereocenters. The zero-order valence-electron chi connectivity index (χ0n) is 7.91. The monoisotopic (exact) mass is 300 g/mol. The predicted molar refractivity (Wildman–Crippen MR) is 63.6 cm³/mol. The van der Waals surface area contributed by atoms with Gasteiger partial charge in [0, 0.05) is 6.20 Å². The Kier molecular flexibility index (Phi) is 3.26. The molecule has 16 heavy (non-hydrogen) atoms. The molecule has 4 nitrogen and oxygen atoms in total. The summed E-state index contributed by atoms with van der Waals surface area (Å²) in [4.78, 5) is 15.6. The number of hydrogen-bond acceptors (Lipinski definition) is 3. The van der Waals surface area contributed by atoms with E-state index < -0.39 is 5.91 Å². The van der Waals surface area contributed by atoms with Crippen molar-refractivity contribution in [3.05, 3.63) is 45.9 Å². The SMILES string of the molecule is O=C(Nc1ncccc1Cl)c1ccc(Br)o1. The van der Waals surface area contributed by atoms with Crippen LogP contribution in [0.4, 0.5) is 5.82 Å². The first-order chi connectivity index (χ1) is 7.66. The Balaban J connectivity index is 2.17. The van der Waals surface area contributed by atoms with Crippen LogP contribution in [-0.4, -0.2) is 10.9 Å². The average Bonchev–Trinajstić information content (AvgIpc) is 2.68. The maximum atomic E-state index is 11.7. The molecule has 0 saturated heterocycles. The first-order valence-electron chi connectivity index (χ1n) is 4.34. The van der Waals surface area contributed by atoms with E-state index in [9.17, 15) is 4.79 Å². The third-order valence-corrected chi connectivity index (χ3v) is 2.52. The normalized spacial score (nSPS) is 10.1. The molecule has 0 aliphatic rings. The van der Waals surface area contributed by atoms with Crippen LogP contribution in [0.5, 0.6) is 0 Å². The number of hydrogen-bond donors (Lipinski definition) is 1. The Morgan fingerprint density at radius 1 is 1.44 bits per heavy atom. The highest BCUT2D eigenvalue weighted by Gasteiger charge is 2.12. The van der Waals surface area contributed by atoms with Crippen LogP contribution >= 0.6 is 27.5 Å². The van der Waals surface area contributed by atoms with Gasteiger partial charge in [0.25, 0.3) is 5.91 Å². The molecule has 0 aliphatic carbocycles. The van der Waals surface area contributed by atoms with Crippen molar-refractivity contribution >= 4 is 39.3 Å². The molecule has 6 heteroatoms. The number of carbonyl (C=O) groups is 1. The number of aromatic nitrogens is 1. The predicted octanol–water partition coefficient (Wildman–Crippen LogP) is 3.34. The highest BCUT2D eigenvalue weighted by molar-refractivity contribution is 9.10. The number of nitrogens with zero attached hydrogens (tertiary/aromatic N) is 1. The molecule has 2 aromatic heterocycles. The molecule has 1 N–H and O–H groups in total. The summed E-state index contributed by atoms with van der Waals surface area (Å²) in [6, 6.07) is 6.51. The number of halogens is 2. The minimum Gasteiger partial charge on any atom is -0.444 e. The molecular formula is C10H6BrClN2O2. The van der Waals surface area contributed by atoms with Crippen LogP contribution in [-0.2, 0) is 0 Å². The molecule has 1 amide bonds. The summed E-state index contributed by atoms with van der Waals surface area (Å²) < 4.78 is 5.58. The fourth-order valence-electron chi connectivity index (χ4n) is 1.08. The van der Waals surface area contributed by atoms with Crippen LogP contribution in [0.1, 0.15) is 10.6 Å². The van der Waals surface area contributed by atoms with Crippen LogP contribution in [0.25, 0.3) is 0 Å². The van der Waals surface area contributed by atoms with Gasteiger partial charge in [0.15, 0.2) is 16.2 Å². The van der Waals surface area contributed by atoms with Crippen LogP contribution in [0.15, 0.2) is 39.5 Å². The minimum atomic E-state index is -0.397. The van der Waals surface area contributed by atoms with E-state index in [0.717, 1.165) is 0 Å². The lowest BCUT2D eigenvalue weighted by Gasteiger charge is -2.03. The third-order valence-electron chi connectivity index (χ3n) is 1.79. The van der Waals surface area contributed by atoms with Gasteiger partial charge in [-0.2, -0.15) is 0 Å². The Labute approximate surface area is 105 Å². The molecule has 2 rings (SSSR count). The van der Waals surface area contributed by atoms with Crippen molar-refractivity contribution in [2.75, 3.05) is 5.32 Å². The Bertz CT molecular complexity index is 527. The van der Waals surface area contributed by atoms with Gasteiger partial charge >= 0.3 is 0 Å². The lowest BCUT2D eigenvalue weighted by atomic mass is 10.4. The van der Waals surface area contributed by atoms with E-state index in [2.05, 4.69) is 26.2 Å². The first kappa shape index (κ1) is 11.2. The molecule has 0 radical (unpaired) electrons. The second kappa shape index (κ2) is 4.67. The van der Waals surface area contributed by atoms with Crippen LogP contribution in [0.2, 0.25) is 5.02 Å². The van der Waals surface area contributed by atoms with E-state index in [-0.39, 0.29) is 5.76 Å². The quantitative estimate of drug-likeness (QED) is 0.925. The largest absolute Gasteiger partial charge is 0.444 e. The summed E-state index contributed by atoms with van der Waals surface area (Å²) >= 11 is 8.96. The van der Waals surface area contributed by atoms with Gasteiger partial charge in [0.2, 0.25) is 0 Å². The van der Waals surface area contributed by atoms with E-state index in [1.807, 2.05) is 0 Å². The number of carbonyl (C=O) groups excluding carboxylic acids is 1. The van der Waals surface area contributed by atoms with E-state index in [1.54, 1.807) is 30.5 Å². The zero-order valence-corrected chi connectivity index (χ0v) is 10.2. The van der Waals surface area contributed by atoms with E-state index in [1.165, 1.54) is 0 Å². The maximum absolute atomic E-state index is 11.7. The van der Waals surface area contributed by atoms with Gasteiger partial charge in [-0.25, -0.2) is 4.98 Å². The van der Waals surface area contributed by atoms with Crippen LogP contribution in [0.3, 0.4) is 0 Å². The molecule has 0 fully saturated rings. The lowest BCUT2D eigenvalue weighted by Crippen LogP contribution is -2.12. The molecule has 2 heterocycles. The number of rotatable bonds is 2. The second-order valence-corrected chi connectivity index (χ2v) is 4.08. The molecule has 0 aromatic carbocycles. The second-order valence-electron chi connectivity index (χ2n) is 2.89. The van der Waals surface area contributed by atoms with Crippen molar-refractivity contribution < 1.29 is 9.21 Å². The third kappa shape index (κ3) is 2.43. The van der Waals surface area contributed by atoms with Crippen molar-refractivity contribution in [3.8, 4) is 0 Å². The molecule has 0 saturated carbocycles. The van der Waals surface area contributed by atoms with Crippen LogP contribution < -0.4 is 5.32 Å². The van der Waals surface area contributed by atoms with Crippen molar-refractivity contribution in [2.45, 2.75) is 0 Å². The summed E-state index contributed by atoms with van der Waals surface area (Å²) in [5, 5.41) is 2.92. The minimum absolute atomic E-state index is 0.189. The fraction of sp³-hybridized carbons (Fsp3) is 0. The Morgan fingerprint density at radius 2 is 2.25 bits per heavy atom. The van der Waals surface area contributed by atoms with Gasteiger partial charge in [-0.1, -0.05) is 11.6 Å². The lowest BCUT2D eigenvalue weighted by molar-refractivity contribution is 0.0995. The Hall–Kier alpha value is -1.33. The molecule has 0 aliphatic heterocycles. The standard InChI is InChI=1S/C10H6BrClN2O2/c11-8-4-3-7(16-8)10(15)14-9-6(12)2-1-5-13-9/h1-5H,(H,13,14,15). The van der Waals surface area contributed by atoms with Crippen molar-refractivity contribution in [3.63, 3.8) is 0 Å². The summed E-state index contributed by atoms with van der Waals surface area (Å²) in [5.41, 5.74) is 0. The van der Waals surface area contributed by atoms with E-state index in [0.29, 0.717) is 15.5 Å². The van der Waals surface area contributed by atoms with Gasteiger partial charge in [-0.3, -0.25) is 4.79 Å². The molecular weight excluding hydrogens is 295 g/mol. The number of amides is 1. The number of nitrogens with one attached hydrogen (secondary N) is 1. The van der Waals surface area contributed by atoms with E-state index in [4.69, 9.17) is 16.0 Å². The summed E-state index contributed by atoms with van der Waals surface area (Å²) in [6.07, 6.45) is 1.54. The average molecular weight is 302 g/mol.